The molecule has 2 heterocycles. The van der Waals surface area contributed by atoms with Crippen LogP contribution in [0.15, 0.2) is 30.5 Å². The van der Waals surface area contributed by atoms with Crippen LogP contribution in [0.3, 0.4) is 0 Å². The van der Waals surface area contributed by atoms with E-state index < -0.39 is 0 Å². The second kappa shape index (κ2) is 5.28. The molecule has 0 atom stereocenters. The standard InChI is InChI=1S/C14H14N4/c1-10-4-3-7-16-13(10)9-17-14-6-5-11(2)12(8-15)18-14/h3-7H,9H2,1-2H3,(H,17,18). The lowest BCUT2D eigenvalue weighted by Gasteiger charge is -2.08. The summed E-state index contributed by atoms with van der Waals surface area (Å²) in [6.07, 6.45) is 1.77. The minimum absolute atomic E-state index is 0.456. The summed E-state index contributed by atoms with van der Waals surface area (Å²) >= 11 is 0. The summed E-state index contributed by atoms with van der Waals surface area (Å²) in [6.45, 7) is 4.50. The molecule has 0 saturated carbocycles. The highest BCUT2D eigenvalue weighted by molar-refractivity contribution is 5.42. The van der Waals surface area contributed by atoms with Crippen LogP contribution in [0.5, 0.6) is 0 Å². The highest BCUT2D eigenvalue weighted by Crippen LogP contribution is 2.11. The van der Waals surface area contributed by atoms with E-state index in [1.54, 1.807) is 6.20 Å². The smallest absolute Gasteiger partial charge is 0.145 e. The summed E-state index contributed by atoms with van der Waals surface area (Å²) < 4.78 is 0. The van der Waals surface area contributed by atoms with Crippen LogP contribution in [0, 0.1) is 25.2 Å². The number of hydrogen-bond donors (Lipinski definition) is 1. The van der Waals surface area contributed by atoms with E-state index in [1.807, 2.05) is 38.1 Å². The van der Waals surface area contributed by atoms with Crippen LogP contribution in [0.1, 0.15) is 22.5 Å². The van der Waals surface area contributed by atoms with E-state index in [1.165, 1.54) is 0 Å². The van der Waals surface area contributed by atoms with Gasteiger partial charge in [-0.2, -0.15) is 5.26 Å². The maximum Gasteiger partial charge on any atom is 0.145 e. The molecule has 18 heavy (non-hydrogen) atoms. The molecule has 0 fully saturated rings. The average molecular weight is 238 g/mol. The predicted octanol–water partition coefficient (Wildman–Crippen LogP) is 2.58. The van der Waals surface area contributed by atoms with Gasteiger partial charge in [-0.1, -0.05) is 12.1 Å². The van der Waals surface area contributed by atoms with Gasteiger partial charge in [0, 0.05) is 6.20 Å². The van der Waals surface area contributed by atoms with Gasteiger partial charge in [0.1, 0.15) is 17.6 Å². The van der Waals surface area contributed by atoms with Gasteiger partial charge in [0.05, 0.1) is 12.2 Å². The lowest BCUT2D eigenvalue weighted by Crippen LogP contribution is -2.05. The molecule has 2 rings (SSSR count). The van der Waals surface area contributed by atoms with Gasteiger partial charge in [0.2, 0.25) is 0 Å². The van der Waals surface area contributed by atoms with Crippen molar-refractivity contribution in [3.63, 3.8) is 0 Å². The van der Waals surface area contributed by atoms with E-state index in [0.717, 1.165) is 16.8 Å². The van der Waals surface area contributed by atoms with Gasteiger partial charge in [-0.25, -0.2) is 4.98 Å². The highest BCUT2D eigenvalue weighted by Gasteiger charge is 2.02. The van der Waals surface area contributed by atoms with Gasteiger partial charge >= 0.3 is 0 Å². The van der Waals surface area contributed by atoms with Crippen molar-refractivity contribution in [2.24, 2.45) is 0 Å². The van der Waals surface area contributed by atoms with E-state index in [0.29, 0.717) is 18.1 Å². The van der Waals surface area contributed by atoms with Gasteiger partial charge < -0.3 is 5.32 Å². The van der Waals surface area contributed by atoms with E-state index in [2.05, 4.69) is 21.4 Å². The summed E-state index contributed by atoms with van der Waals surface area (Å²) in [5.41, 5.74) is 3.46. The molecule has 2 aromatic heterocycles. The Morgan fingerprint density at radius 1 is 1.22 bits per heavy atom. The zero-order chi connectivity index (χ0) is 13.0. The van der Waals surface area contributed by atoms with Crippen molar-refractivity contribution in [2.45, 2.75) is 20.4 Å². The molecule has 90 valence electrons. The van der Waals surface area contributed by atoms with Crippen LogP contribution in [0.25, 0.3) is 0 Å². The fourth-order valence-electron chi connectivity index (χ4n) is 1.62. The van der Waals surface area contributed by atoms with Crippen LogP contribution in [-0.4, -0.2) is 9.97 Å². The van der Waals surface area contributed by atoms with Gasteiger partial charge in [-0.3, -0.25) is 4.98 Å². The van der Waals surface area contributed by atoms with E-state index in [-0.39, 0.29) is 0 Å². The minimum atomic E-state index is 0.456. The maximum atomic E-state index is 8.92. The number of aryl methyl sites for hydroxylation is 2. The molecule has 0 amide bonds. The third-order valence-corrected chi connectivity index (χ3v) is 2.76. The third-order valence-electron chi connectivity index (χ3n) is 2.76. The molecule has 4 nitrogen and oxygen atoms in total. The average Bonchev–Trinajstić information content (AvgIpc) is 2.39. The first-order valence-electron chi connectivity index (χ1n) is 5.73. The molecule has 4 heteroatoms. The Kier molecular flexibility index (Phi) is 3.54. The molecule has 0 spiro atoms. The summed E-state index contributed by atoms with van der Waals surface area (Å²) in [4.78, 5) is 8.53. The molecule has 0 aliphatic heterocycles. The van der Waals surface area contributed by atoms with Gasteiger partial charge in [-0.05, 0) is 37.1 Å². The first kappa shape index (κ1) is 12.1. The van der Waals surface area contributed by atoms with Crippen molar-refractivity contribution >= 4 is 5.82 Å². The number of rotatable bonds is 3. The van der Waals surface area contributed by atoms with Crippen molar-refractivity contribution in [1.82, 2.24) is 9.97 Å². The number of pyridine rings is 2. The van der Waals surface area contributed by atoms with Crippen molar-refractivity contribution in [2.75, 3.05) is 5.32 Å². The van der Waals surface area contributed by atoms with Crippen molar-refractivity contribution in [1.29, 1.82) is 5.26 Å². The number of anilines is 1. The third kappa shape index (κ3) is 2.64. The zero-order valence-corrected chi connectivity index (χ0v) is 10.4. The molecular weight excluding hydrogens is 224 g/mol. The van der Waals surface area contributed by atoms with Crippen LogP contribution in [0.4, 0.5) is 5.82 Å². The molecule has 0 bridgehead atoms. The topological polar surface area (TPSA) is 61.6 Å². The Morgan fingerprint density at radius 3 is 2.78 bits per heavy atom. The SMILES string of the molecule is Cc1ccc(NCc2ncccc2C)nc1C#N. The second-order valence-electron chi connectivity index (χ2n) is 4.09. The normalized spacial score (nSPS) is 9.83. The second-order valence-corrected chi connectivity index (χ2v) is 4.09. The number of hydrogen-bond acceptors (Lipinski definition) is 4. The minimum Gasteiger partial charge on any atom is -0.364 e. The monoisotopic (exact) mass is 238 g/mol. The Morgan fingerprint density at radius 2 is 2.06 bits per heavy atom. The molecule has 0 saturated heterocycles. The van der Waals surface area contributed by atoms with Crippen molar-refractivity contribution < 1.29 is 0 Å². The summed E-state index contributed by atoms with van der Waals surface area (Å²) in [5, 5.41) is 12.1. The summed E-state index contributed by atoms with van der Waals surface area (Å²) in [6, 6.07) is 9.77. The highest BCUT2D eigenvalue weighted by atomic mass is 15.0. The number of nitrogens with one attached hydrogen (secondary N) is 1. The van der Waals surface area contributed by atoms with Crippen LogP contribution in [0.2, 0.25) is 0 Å². The van der Waals surface area contributed by atoms with Gasteiger partial charge in [0.25, 0.3) is 0 Å². The van der Waals surface area contributed by atoms with Crippen LogP contribution >= 0.6 is 0 Å². The van der Waals surface area contributed by atoms with Crippen LogP contribution in [-0.2, 0) is 6.54 Å². The molecule has 0 unspecified atom stereocenters. The Labute approximate surface area is 106 Å². The lowest BCUT2D eigenvalue weighted by molar-refractivity contribution is 1.00. The zero-order valence-electron chi connectivity index (χ0n) is 10.4. The molecule has 1 N–H and O–H groups in total. The molecular formula is C14H14N4. The van der Waals surface area contributed by atoms with Gasteiger partial charge in [-0.15, -0.1) is 0 Å². The molecule has 0 aliphatic rings. The predicted molar refractivity (Wildman–Crippen MR) is 70.0 cm³/mol. The van der Waals surface area contributed by atoms with Gasteiger partial charge in [0.15, 0.2) is 0 Å². The largest absolute Gasteiger partial charge is 0.364 e. The van der Waals surface area contributed by atoms with E-state index in [9.17, 15) is 0 Å². The Bertz CT molecular complexity index is 599. The summed E-state index contributed by atoms with van der Waals surface area (Å²) in [5.74, 6) is 0.696. The van der Waals surface area contributed by atoms with Crippen LogP contribution < -0.4 is 5.32 Å². The number of nitrogens with zero attached hydrogens (tertiary/aromatic N) is 3. The lowest BCUT2D eigenvalue weighted by atomic mass is 10.2. The van der Waals surface area contributed by atoms with E-state index in [4.69, 9.17) is 5.26 Å². The first-order chi connectivity index (χ1) is 8.70. The Hall–Kier alpha value is -2.41. The fourth-order valence-corrected chi connectivity index (χ4v) is 1.62. The summed E-state index contributed by atoms with van der Waals surface area (Å²) in [7, 11) is 0. The number of nitriles is 1. The van der Waals surface area contributed by atoms with Crippen molar-refractivity contribution in [3.8, 4) is 6.07 Å². The maximum absolute atomic E-state index is 8.92. The molecule has 2 aromatic rings. The Balaban J connectivity index is 2.12. The molecule has 0 radical (unpaired) electrons. The molecule has 0 aromatic carbocycles. The fraction of sp³-hybridized carbons (Fsp3) is 0.214. The van der Waals surface area contributed by atoms with E-state index >= 15 is 0 Å². The quantitative estimate of drug-likeness (QED) is 0.892. The first-order valence-corrected chi connectivity index (χ1v) is 5.73. The number of aromatic nitrogens is 2. The van der Waals surface area contributed by atoms with Crippen molar-refractivity contribution in [3.05, 3.63) is 53.0 Å². The molecule has 0 aliphatic carbocycles.